The second kappa shape index (κ2) is 12.0. The molecule has 3 amide bonds. The first-order valence-corrected chi connectivity index (χ1v) is 15.1. The maximum absolute atomic E-state index is 13.9. The van der Waals surface area contributed by atoms with E-state index in [9.17, 15) is 14.4 Å². The maximum atomic E-state index is 13.9. The Bertz CT molecular complexity index is 1030. The van der Waals surface area contributed by atoms with Crippen molar-refractivity contribution in [3.8, 4) is 0 Å². The van der Waals surface area contributed by atoms with Crippen molar-refractivity contribution in [2.45, 2.75) is 126 Å². The minimum absolute atomic E-state index is 0.00170. The second-order valence-electron chi connectivity index (χ2n) is 15.1. The van der Waals surface area contributed by atoms with Gasteiger partial charge in [0, 0.05) is 39.9 Å². The molecule has 39 heavy (non-hydrogen) atoms. The third kappa shape index (κ3) is 8.31. The third-order valence-electron chi connectivity index (χ3n) is 8.55. The average Bonchev–Trinajstić information content (AvgIpc) is 2.82. The predicted octanol–water partition coefficient (Wildman–Crippen LogP) is 8.17. The van der Waals surface area contributed by atoms with E-state index < -0.39 is 11.0 Å². The first kappa shape index (κ1) is 31.2. The van der Waals surface area contributed by atoms with Gasteiger partial charge in [-0.05, 0) is 88.8 Å². The molecule has 218 valence electrons. The van der Waals surface area contributed by atoms with E-state index >= 15 is 0 Å². The zero-order valence-corrected chi connectivity index (χ0v) is 26.0. The van der Waals surface area contributed by atoms with E-state index in [1.54, 1.807) is 0 Å². The van der Waals surface area contributed by atoms with Gasteiger partial charge < -0.3 is 15.5 Å². The van der Waals surface area contributed by atoms with Gasteiger partial charge in [-0.1, -0.05) is 60.8 Å². The summed E-state index contributed by atoms with van der Waals surface area (Å²) in [6.07, 6.45) is 9.04. The molecule has 2 N–H and O–H groups in total. The lowest BCUT2D eigenvalue weighted by Crippen LogP contribution is -2.49. The first-order chi connectivity index (χ1) is 18.0. The Morgan fingerprint density at radius 1 is 0.692 bits per heavy atom. The van der Waals surface area contributed by atoms with Crippen LogP contribution in [0, 0.1) is 28.6 Å². The number of rotatable bonds is 5. The summed E-state index contributed by atoms with van der Waals surface area (Å²) in [4.78, 5) is 42.1. The molecule has 6 heteroatoms. The maximum Gasteiger partial charge on any atom is 0.230 e. The molecule has 2 fully saturated rings. The fraction of sp³-hybridized carbons (Fsp3) is 0.727. The van der Waals surface area contributed by atoms with Gasteiger partial charge in [-0.2, -0.15) is 0 Å². The number of benzene rings is 1. The lowest BCUT2D eigenvalue weighted by Gasteiger charge is -2.39. The Labute approximate surface area is 237 Å². The van der Waals surface area contributed by atoms with Gasteiger partial charge >= 0.3 is 0 Å². The van der Waals surface area contributed by atoms with E-state index in [-0.39, 0.29) is 35.0 Å². The van der Waals surface area contributed by atoms with Crippen molar-refractivity contribution in [3.05, 3.63) is 18.2 Å². The third-order valence-corrected chi connectivity index (χ3v) is 8.55. The van der Waals surface area contributed by atoms with Crippen LogP contribution < -0.4 is 15.5 Å². The van der Waals surface area contributed by atoms with Crippen molar-refractivity contribution in [1.29, 1.82) is 0 Å². The Balaban J connectivity index is 1.92. The SMILES string of the molecule is CC(C)(C)C(=O)Nc1cc(NC(=O)C2CCC(C(C)(C)C)CC2)cc(N(C(=O)C2CCCCC2)C(C)(C)C)c1. The lowest BCUT2D eigenvalue weighted by atomic mass is 9.69. The van der Waals surface area contributed by atoms with Gasteiger partial charge in [0.05, 0.1) is 0 Å². The number of hydrogen-bond donors (Lipinski definition) is 2. The fourth-order valence-corrected chi connectivity index (χ4v) is 6.05. The Hall–Kier alpha value is -2.37. The molecule has 2 aliphatic carbocycles. The van der Waals surface area contributed by atoms with Gasteiger partial charge in [-0.25, -0.2) is 0 Å². The van der Waals surface area contributed by atoms with Crippen LogP contribution in [-0.4, -0.2) is 23.3 Å². The molecule has 0 aromatic heterocycles. The molecule has 2 saturated carbocycles. The van der Waals surface area contributed by atoms with Gasteiger partial charge in [0.1, 0.15) is 0 Å². The van der Waals surface area contributed by atoms with Gasteiger partial charge in [0.15, 0.2) is 0 Å². The van der Waals surface area contributed by atoms with Crippen molar-refractivity contribution in [3.63, 3.8) is 0 Å². The molecular weight excluding hydrogens is 486 g/mol. The van der Waals surface area contributed by atoms with Crippen LogP contribution in [0.5, 0.6) is 0 Å². The Kier molecular flexibility index (Phi) is 9.60. The van der Waals surface area contributed by atoms with Crippen LogP contribution in [0.1, 0.15) is 120 Å². The molecule has 3 rings (SSSR count). The van der Waals surface area contributed by atoms with Gasteiger partial charge in [0.25, 0.3) is 0 Å². The highest BCUT2D eigenvalue weighted by Gasteiger charge is 2.35. The quantitative estimate of drug-likeness (QED) is 0.396. The van der Waals surface area contributed by atoms with Crippen LogP contribution >= 0.6 is 0 Å². The van der Waals surface area contributed by atoms with Crippen molar-refractivity contribution in [1.82, 2.24) is 0 Å². The summed E-state index contributed by atoms with van der Waals surface area (Å²) < 4.78 is 0. The molecule has 0 aliphatic heterocycles. The highest BCUT2D eigenvalue weighted by atomic mass is 16.2. The number of hydrogen-bond acceptors (Lipinski definition) is 3. The number of carbonyl (C=O) groups is 3. The van der Waals surface area contributed by atoms with E-state index in [0.717, 1.165) is 51.4 Å². The Morgan fingerprint density at radius 3 is 1.72 bits per heavy atom. The van der Waals surface area contributed by atoms with E-state index in [1.165, 1.54) is 6.42 Å². The summed E-state index contributed by atoms with van der Waals surface area (Å²) in [6, 6.07) is 5.59. The zero-order valence-electron chi connectivity index (χ0n) is 26.0. The highest BCUT2D eigenvalue weighted by Crippen LogP contribution is 2.40. The summed E-state index contributed by atoms with van der Waals surface area (Å²) in [7, 11) is 0. The fourth-order valence-electron chi connectivity index (χ4n) is 6.05. The van der Waals surface area contributed by atoms with Crippen molar-refractivity contribution >= 4 is 34.8 Å². The highest BCUT2D eigenvalue weighted by molar-refractivity contribution is 6.01. The van der Waals surface area contributed by atoms with Gasteiger partial charge in [-0.3, -0.25) is 14.4 Å². The molecular formula is C33H53N3O3. The summed E-state index contributed by atoms with van der Waals surface area (Å²) in [5, 5.41) is 6.19. The molecule has 0 radical (unpaired) electrons. The van der Waals surface area contributed by atoms with Crippen LogP contribution in [0.3, 0.4) is 0 Å². The predicted molar refractivity (Wildman–Crippen MR) is 162 cm³/mol. The van der Waals surface area contributed by atoms with E-state index in [1.807, 2.05) is 64.6 Å². The van der Waals surface area contributed by atoms with Gasteiger partial charge in [-0.15, -0.1) is 0 Å². The zero-order chi connectivity index (χ0) is 29.2. The molecule has 1 aromatic rings. The number of amides is 3. The normalized spacial score (nSPS) is 21.3. The van der Waals surface area contributed by atoms with Crippen LogP contribution in [-0.2, 0) is 14.4 Å². The average molecular weight is 540 g/mol. The van der Waals surface area contributed by atoms with Crippen LogP contribution in [0.2, 0.25) is 0 Å². The lowest BCUT2D eigenvalue weighted by molar-refractivity contribution is -0.124. The summed E-state index contributed by atoms with van der Waals surface area (Å²) in [5.74, 6) is 0.644. The smallest absolute Gasteiger partial charge is 0.230 e. The number of carbonyl (C=O) groups excluding carboxylic acids is 3. The van der Waals surface area contributed by atoms with Crippen LogP contribution in [0.15, 0.2) is 18.2 Å². The molecule has 0 saturated heterocycles. The van der Waals surface area contributed by atoms with Crippen LogP contribution in [0.4, 0.5) is 17.1 Å². The molecule has 6 nitrogen and oxygen atoms in total. The van der Waals surface area contributed by atoms with E-state index in [0.29, 0.717) is 23.0 Å². The molecule has 1 aromatic carbocycles. The summed E-state index contributed by atoms with van der Waals surface area (Å²) in [5.41, 5.74) is 1.13. The number of anilines is 3. The summed E-state index contributed by atoms with van der Waals surface area (Å²) in [6.45, 7) is 18.6. The molecule has 0 atom stereocenters. The minimum Gasteiger partial charge on any atom is -0.326 e. The molecule has 2 aliphatic rings. The number of nitrogens with zero attached hydrogens (tertiary/aromatic N) is 1. The van der Waals surface area contributed by atoms with Crippen molar-refractivity contribution in [2.75, 3.05) is 15.5 Å². The van der Waals surface area contributed by atoms with Crippen molar-refractivity contribution in [2.24, 2.45) is 28.6 Å². The monoisotopic (exact) mass is 539 g/mol. The second-order valence-corrected chi connectivity index (χ2v) is 15.1. The van der Waals surface area contributed by atoms with Crippen LogP contribution in [0.25, 0.3) is 0 Å². The van der Waals surface area contributed by atoms with Crippen molar-refractivity contribution < 1.29 is 14.4 Å². The standard InChI is InChI=1S/C33H53N3O3/c1-31(2,3)24-17-15-22(16-18-24)28(37)34-25-19-26(35-30(39)32(4,5)6)21-27(20-25)36(33(7,8)9)29(38)23-13-11-10-12-14-23/h19-24H,10-18H2,1-9H3,(H,34,37)(H,35,39). The molecule has 0 spiro atoms. The van der Waals surface area contributed by atoms with Gasteiger partial charge in [0.2, 0.25) is 17.7 Å². The first-order valence-electron chi connectivity index (χ1n) is 15.1. The van der Waals surface area contributed by atoms with E-state index in [2.05, 4.69) is 31.4 Å². The molecule has 0 heterocycles. The molecule has 0 bridgehead atoms. The Morgan fingerprint density at radius 2 is 1.23 bits per heavy atom. The largest absolute Gasteiger partial charge is 0.326 e. The minimum atomic E-state index is -0.577. The topological polar surface area (TPSA) is 78.5 Å². The number of nitrogens with one attached hydrogen (secondary N) is 2. The molecule has 0 unspecified atom stereocenters. The summed E-state index contributed by atoms with van der Waals surface area (Å²) >= 11 is 0. The van der Waals surface area contributed by atoms with E-state index in [4.69, 9.17) is 0 Å².